The topological polar surface area (TPSA) is 3.24 Å². The van der Waals surface area contributed by atoms with E-state index in [1.54, 1.807) is 17.5 Å². The number of hydrogen-bond donors (Lipinski definition) is 0. The van der Waals surface area contributed by atoms with E-state index < -0.39 is 32.2 Å². The van der Waals surface area contributed by atoms with E-state index in [-0.39, 0.29) is 5.69 Å². The van der Waals surface area contributed by atoms with Gasteiger partial charge in [0.05, 0.1) is 0 Å². The zero-order valence-corrected chi connectivity index (χ0v) is 8.77. The highest BCUT2D eigenvalue weighted by molar-refractivity contribution is 7.17. The van der Waals surface area contributed by atoms with Gasteiger partial charge in [0.25, 0.3) is 0 Å². The summed E-state index contributed by atoms with van der Waals surface area (Å²) in [6, 6.07) is 6.66. The van der Waals surface area contributed by atoms with Gasteiger partial charge in [-0.3, -0.25) is 0 Å². The largest absolute Gasteiger partial charge is 0.371 e. The maximum atomic E-state index is 8.20. The van der Waals surface area contributed by atoms with Crippen LogP contribution in [0, 0.1) is 0 Å². The van der Waals surface area contributed by atoms with Crippen molar-refractivity contribution in [1.29, 1.82) is 0 Å². The molecule has 0 N–H and O–H groups in total. The van der Waals surface area contributed by atoms with E-state index in [1.807, 2.05) is 6.07 Å². The number of fused-ring (bicyclic) bond motifs is 1. The third-order valence-electron chi connectivity index (χ3n) is 2.27. The van der Waals surface area contributed by atoms with Crippen LogP contribution in [0.1, 0.15) is 30.1 Å². The number of anilines is 1. The molecule has 0 unspecified atom stereocenters. The van der Waals surface area contributed by atoms with Crippen molar-refractivity contribution in [1.82, 2.24) is 0 Å². The van der Waals surface area contributed by atoms with Crippen molar-refractivity contribution >= 4 is 27.1 Å². The minimum atomic E-state index is -2.70. The summed E-state index contributed by atoms with van der Waals surface area (Å²) in [6.07, 6.45) is -5.93. The number of benzene rings is 1. The van der Waals surface area contributed by atoms with Gasteiger partial charge < -0.3 is 4.90 Å². The minimum Gasteiger partial charge on any atom is -0.371 e. The van der Waals surface area contributed by atoms with Crippen LogP contribution in [0.25, 0.3) is 10.1 Å². The summed E-state index contributed by atoms with van der Waals surface area (Å²) in [5.74, 6) is 0. The van der Waals surface area contributed by atoms with E-state index in [9.17, 15) is 0 Å². The van der Waals surface area contributed by atoms with E-state index in [0.29, 0.717) is 10.3 Å². The number of thiophene rings is 1. The first-order valence-electron chi connectivity index (χ1n) is 8.68. The Bertz CT molecular complexity index is 727. The number of nitrogens with zero attached hydrogens (tertiary/aromatic N) is 1. The average Bonchev–Trinajstić information content (AvgIpc) is 2.84. The Kier molecular flexibility index (Phi) is 1.05. The molecule has 3 rings (SSSR count). The molecule has 0 atom stereocenters. The van der Waals surface area contributed by atoms with E-state index in [2.05, 4.69) is 0 Å². The van der Waals surface area contributed by atoms with E-state index >= 15 is 0 Å². The molecule has 15 heavy (non-hydrogen) atoms. The molecule has 2 heteroatoms. The Morgan fingerprint density at radius 2 is 2.07 bits per heavy atom. The summed E-state index contributed by atoms with van der Waals surface area (Å²) in [4.78, 5) is 0.637. The van der Waals surface area contributed by atoms with Gasteiger partial charge >= 0.3 is 0 Å². The van der Waals surface area contributed by atoms with Crippen molar-refractivity contribution in [2.45, 2.75) is 19.2 Å². The fourth-order valence-corrected chi connectivity index (χ4v) is 2.41. The van der Waals surface area contributed by atoms with Gasteiger partial charge in [0.2, 0.25) is 0 Å². The van der Waals surface area contributed by atoms with Crippen LogP contribution in [0.2, 0.25) is 0 Å². The first-order valence-corrected chi connectivity index (χ1v) is 5.56. The van der Waals surface area contributed by atoms with Crippen LogP contribution >= 0.6 is 11.3 Å². The van der Waals surface area contributed by atoms with Crippen molar-refractivity contribution < 1.29 is 11.0 Å². The van der Waals surface area contributed by atoms with Crippen LogP contribution < -0.4 is 4.90 Å². The lowest BCUT2D eigenvalue weighted by molar-refractivity contribution is 0.579. The standard InChI is InChI=1S/C13H15NS/c1-2-8-14(9-3-1)12-5-4-6-13-11(12)7-10-15-13/h4-7,10H,1-3,8-9H2/i2D2,3D2,8D2,9D2. The van der Waals surface area contributed by atoms with Crippen LogP contribution in [-0.2, 0) is 0 Å². The summed E-state index contributed by atoms with van der Waals surface area (Å²) in [7, 11) is 0. The van der Waals surface area contributed by atoms with Crippen LogP contribution in [0.15, 0.2) is 29.6 Å². The van der Waals surface area contributed by atoms with Crippen molar-refractivity contribution in [2.24, 2.45) is 0 Å². The molecule has 1 aliphatic heterocycles. The van der Waals surface area contributed by atoms with Gasteiger partial charge in [0, 0.05) is 39.7 Å². The predicted octanol–water partition coefficient (Wildman–Crippen LogP) is 3.89. The molecule has 0 spiro atoms. The second kappa shape index (κ2) is 3.86. The molecule has 0 amide bonds. The molecule has 1 nitrogen and oxygen atoms in total. The van der Waals surface area contributed by atoms with Crippen molar-refractivity contribution in [3.05, 3.63) is 29.6 Å². The summed E-state index contributed by atoms with van der Waals surface area (Å²) >= 11 is 1.41. The molecular formula is C13H15NS. The van der Waals surface area contributed by atoms with E-state index in [4.69, 9.17) is 11.0 Å². The summed E-state index contributed by atoms with van der Waals surface area (Å²) < 4.78 is 65.4. The second-order valence-corrected chi connectivity index (χ2v) is 4.15. The monoisotopic (exact) mass is 225 g/mol. The second-order valence-electron chi connectivity index (χ2n) is 3.20. The Balaban J connectivity index is 2.30. The van der Waals surface area contributed by atoms with E-state index in [0.717, 1.165) is 4.70 Å². The fourth-order valence-electron chi connectivity index (χ4n) is 1.60. The summed E-state index contributed by atoms with van der Waals surface area (Å²) in [6.45, 7) is -5.39. The van der Waals surface area contributed by atoms with Crippen molar-refractivity contribution in [2.75, 3.05) is 17.9 Å². The van der Waals surface area contributed by atoms with Crippen molar-refractivity contribution in [3.8, 4) is 0 Å². The Labute approximate surface area is 106 Å². The molecule has 1 saturated heterocycles. The zero-order chi connectivity index (χ0) is 17.3. The van der Waals surface area contributed by atoms with Crippen LogP contribution in [0.3, 0.4) is 0 Å². The van der Waals surface area contributed by atoms with E-state index in [1.165, 1.54) is 17.4 Å². The van der Waals surface area contributed by atoms with Crippen LogP contribution in [0.5, 0.6) is 0 Å². The summed E-state index contributed by atoms with van der Waals surface area (Å²) in [5.41, 5.74) is 0.159. The third kappa shape index (κ3) is 1.63. The lowest BCUT2D eigenvalue weighted by Gasteiger charge is -2.29. The Morgan fingerprint density at radius 3 is 2.93 bits per heavy atom. The zero-order valence-electron chi connectivity index (χ0n) is 15.9. The number of piperidine rings is 1. The third-order valence-corrected chi connectivity index (χ3v) is 3.15. The average molecular weight is 225 g/mol. The molecule has 0 aliphatic carbocycles. The smallest absolute Gasteiger partial charge is 0.0493 e. The molecule has 1 aromatic carbocycles. The first kappa shape index (κ1) is 4.10. The van der Waals surface area contributed by atoms with Gasteiger partial charge in [-0.1, -0.05) is 6.07 Å². The van der Waals surface area contributed by atoms with Crippen LogP contribution in [-0.4, -0.2) is 13.0 Å². The Hall–Kier alpha value is -1.02. The molecule has 0 bridgehead atoms. The van der Waals surface area contributed by atoms with Gasteiger partial charge in [-0.15, -0.1) is 11.3 Å². The lowest BCUT2D eigenvalue weighted by Crippen LogP contribution is -2.29. The maximum absolute atomic E-state index is 8.20. The quantitative estimate of drug-likeness (QED) is 0.711. The van der Waals surface area contributed by atoms with Gasteiger partial charge in [-0.2, -0.15) is 0 Å². The van der Waals surface area contributed by atoms with Gasteiger partial charge in [0.1, 0.15) is 0 Å². The molecule has 2 aromatic rings. The molecular weight excluding hydrogens is 202 g/mol. The minimum absolute atomic E-state index is 0.159. The molecule has 0 saturated carbocycles. The normalized spacial score (nSPS) is 38.5. The highest BCUT2D eigenvalue weighted by atomic mass is 32.1. The van der Waals surface area contributed by atoms with Crippen molar-refractivity contribution in [3.63, 3.8) is 0 Å². The predicted molar refractivity (Wildman–Crippen MR) is 67.9 cm³/mol. The van der Waals surface area contributed by atoms with Gasteiger partial charge in [-0.05, 0) is 42.7 Å². The molecule has 78 valence electrons. The molecule has 0 radical (unpaired) electrons. The summed E-state index contributed by atoms with van der Waals surface area (Å²) in [5, 5.41) is 2.37. The van der Waals surface area contributed by atoms with Gasteiger partial charge in [0.15, 0.2) is 0 Å². The maximum Gasteiger partial charge on any atom is 0.0493 e. The molecule has 2 heterocycles. The van der Waals surface area contributed by atoms with Crippen LogP contribution in [0.4, 0.5) is 5.69 Å². The highest BCUT2D eigenvalue weighted by Gasteiger charge is 2.13. The highest BCUT2D eigenvalue weighted by Crippen LogP contribution is 2.31. The van der Waals surface area contributed by atoms with Gasteiger partial charge in [-0.25, -0.2) is 0 Å². The molecule has 1 fully saturated rings. The SMILES string of the molecule is [2H]C1([2H])CC([2H])([2H])C([2H])([2H])N(c2cccc3sccc23)C1([2H])[2H]. The number of hydrogen-bond acceptors (Lipinski definition) is 2. The molecule has 1 aliphatic rings. The molecule has 1 aromatic heterocycles. The lowest BCUT2D eigenvalue weighted by atomic mass is 10.1. The Morgan fingerprint density at radius 1 is 1.20 bits per heavy atom. The number of rotatable bonds is 1. The fraction of sp³-hybridized carbons (Fsp3) is 0.385. The first-order chi connectivity index (χ1) is 10.4.